The van der Waals surface area contributed by atoms with Gasteiger partial charge in [-0.05, 0) is 44.8 Å². The average Bonchev–Trinajstić information content (AvgIpc) is 3.06. The van der Waals surface area contributed by atoms with Gasteiger partial charge in [0.1, 0.15) is 10.9 Å². The van der Waals surface area contributed by atoms with E-state index in [1.54, 1.807) is 0 Å². The summed E-state index contributed by atoms with van der Waals surface area (Å²) in [6, 6.07) is 0. The molecule has 1 aliphatic carbocycles. The topological polar surface area (TPSA) is 39.2 Å². The number of nitrogens with zero attached hydrogens (tertiary/aromatic N) is 1. The van der Waals surface area contributed by atoms with Crippen molar-refractivity contribution in [2.24, 2.45) is 0 Å². The molecular weight excluding hydrogens is 278 g/mol. The number of esters is 1. The Morgan fingerprint density at radius 2 is 2.32 bits per heavy atom. The van der Waals surface area contributed by atoms with Gasteiger partial charge in [0.15, 0.2) is 0 Å². The number of aryl methyl sites for hydroxylation is 1. The molecule has 2 unspecified atom stereocenters. The molecule has 1 aromatic rings. The van der Waals surface area contributed by atoms with Crippen LogP contribution in [0.1, 0.15) is 59.4 Å². The maximum Gasteiger partial charge on any atom is 0.315 e. The normalized spacial score (nSPS) is 26.2. The molecule has 2 atom stereocenters. The minimum absolute atomic E-state index is 0.0839. The molecule has 3 rings (SSSR count). The molecule has 1 fully saturated rings. The zero-order valence-corrected chi connectivity index (χ0v) is 12.8. The maximum atomic E-state index is 12.0. The lowest BCUT2D eigenvalue weighted by atomic mass is 9.91. The zero-order valence-electron chi connectivity index (χ0n) is 11.2. The Kier molecular flexibility index (Phi) is 4.12. The highest BCUT2D eigenvalue weighted by atomic mass is 32.2. The Bertz CT molecular complexity index is 466. The number of fused-ring (bicyclic) bond motifs is 1. The molecule has 0 radical (unpaired) electrons. The first-order valence-corrected chi connectivity index (χ1v) is 8.94. The number of carbonyl (C=O) groups is 1. The predicted molar refractivity (Wildman–Crippen MR) is 78.9 cm³/mol. The Hall–Kier alpha value is -0.550. The second kappa shape index (κ2) is 5.83. The van der Waals surface area contributed by atoms with Gasteiger partial charge in [-0.3, -0.25) is 4.79 Å². The van der Waals surface area contributed by atoms with E-state index in [2.05, 4.69) is 0 Å². The van der Waals surface area contributed by atoms with Gasteiger partial charge in [-0.25, -0.2) is 4.98 Å². The van der Waals surface area contributed by atoms with E-state index in [0.717, 1.165) is 25.0 Å². The summed E-state index contributed by atoms with van der Waals surface area (Å²) < 4.78 is 5.19. The number of hydrogen-bond donors (Lipinski definition) is 0. The molecule has 0 saturated carbocycles. The highest BCUT2D eigenvalue weighted by molar-refractivity contribution is 7.99. The molecule has 0 bridgehead atoms. The van der Waals surface area contributed by atoms with Gasteiger partial charge in [-0.2, -0.15) is 11.8 Å². The fraction of sp³-hybridized carbons (Fsp3) is 0.714. The molecular formula is C14H19NO2S2. The van der Waals surface area contributed by atoms with E-state index in [1.807, 2.05) is 30.0 Å². The van der Waals surface area contributed by atoms with Crippen LogP contribution >= 0.6 is 23.1 Å². The van der Waals surface area contributed by atoms with Gasteiger partial charge in [0.2, 0.25) is 0 Å². The summed E-state index contributed by atoms with van der Waals surface area (Å²) in [5, 5.41) is 1.81. The van der Waals surface area contributed by atoms with Gasteiger partial charge in [0, 0.05) is 4.88 Å². The van der Waals surface area contributed by atoms with Crippen molar-refractivity contribution in [1.29, 1.82) is 0 Å². The minimum Gasteiger partial charge on any atom is -0.465 e. The van der Waals surface area contributed by atoms with Crippen LogP contribution in [0.25, 0.3) is 0 Å². The number of thioether (sulfide) groups is 1. The molecule has 0 aromatic carbocycles. The van der Waals surface area contributed by atoms with E-state index in [0.29, 0.717) is 11.9 Å². The molecule has 104 valence electrons. The van der Waals surface area contributed by atoms with Gasteiger partial charge in [0.25, 0.3) is 0 Å². The molecule has 3 nitrogen and oxygen atoms in total. The summed E-state index contributed by atoms with van der Waals surface area (Å²) in [6.45, 7) is 2.32. The smallest absolute Gasteiger partial charge is 0.315 e. The first-order valence-electron chi connectivity index (χ1n) is 7.07. The van der Waals surface area contributed by atoms with Crippen LogP contribution in [0.15, 0.2) is 0 Å². The van der Waals surface area contributed by atoms with Gasteiger partial charge in [-0.15, -0.1) is 11.3 Å². The Labute approximate surface area is 122 Å². The van der Waals surface area contributed by atoms with Crippen LogP contribution in [0.4, 0.5) is 0 Å². The fourth-order valence-corrected chi connectivity index (χ4v) is 5.50. The van der Waals surface area contributed by atoms with Crippen LogP contribution in [-0.2, 0) is 16.0 Å². The van der Waals surface area contributed by atoms with Crippen molar-refractivity contribution in [3.05, 3.63) is 15.6 Å². The Morgan fingerprint density at radius 1 is 1.42 bits per heavy atom. The maximum absolute atomic E-state index is 12.0. The molecule has 0 N–H and O–H groups in total. The zero-order chi connectivity index (χ0) is 13.2. The summed E-state index contributed by atoms with van der Waals surface area (Å²) in [5.41, 5.74) is 1.03. The van der Waals surface area contributed by atoms with E-state index >= 15 is 0 Å². The van der Waals surface area contributed by atoms with Crippen LogP contribution in [0.2, 0.25) is 0 Å². The van der Waals surface area contributed by atoms with Crippen molar-refractivity contribution >= 4 is 29.1 Å². The number of thiazole rings is 1. The standard InChI is InChI=1S/C14H19NO2S2/c1-2-17-14(16)9-5-3-6-10-12(9)15-13(19-10)11-7-4-8-18-11/h9,11H,2-8H2,1H3. The van der Waals surface area contributed by atoms with Crippen LogP contribution < -0.4 is 0 Å². The summed E-state index contributed by atoms with van der Waals surface area (Å²) in [7, 11) is 0. The van der Waals surface area contributed by atoms with Crippen molar-refractivity contribution in [2.45, 2.75) is 50.2 Å². The predicted octanol–water partition coefficient (Wildman–Crippen LogP) is 3.69. The Balaban J connectivity index is 1.85. The third-order valence-corrected chi connectivity index (χ3v) is 6.53. The Morgan fingerprint density at radius 3 is 3.05 bits per heavy atom. The van der Waals surface area contributed by atoms with Crippen LogP contribution in [0.5, 0.6) is 0 Å². The highest BCUT2D eigenvalue weighted by Crippen LogP contribution is 2.45. The summed E-state index contributed by atoms with van der Waals surface area (Å²) >= 11 is 3.84. The van der Waals surface area contributed by atoms with E-state index in [9.17, 15) is 4.79 Å². The number of rotatable bonds is 3. The number of hydrogen-bond acceptors (Lipinski definition) is 5. The second-order valence-corrected chi connectivity index (χ2v) is 7.48. The summed E-state index contributed by atoms with van der Waals surface area (Å²) in [4.78, 5) is 18.2. The van der Waals surface area contributed by atoms with Gasteiger partial charge in [0.05, 0.1) is 17.6 Å². The molecule has 1 aromatic heterocycles. The van der Waals surface area contributed by atoms with E-state index in [4.69, 9.17) is 9.72 Å². The molecule has 2 heterocycles. The van der Waals surface area contributed by atoms with E-state index in [1.165, 1.54) is 28.5 Å². The lowest BCUT2D eigenvalue weighted by Gasteiger charge is -2.19. The minimum atomic E-state index is -0.111. The third kappa shape index (κ3) is 2.68. The lowest BCUT2D eigenvalue weighted by Crippen LogP contribution is -2.20. The number of aromatic nitrogens is 1. The highest BCUT2D eigenvalue weighted by Gasteiger charge is 2.33. The largest absolute Gasteiger partial charge is 0.465 e. The quantitative estimate of drug-likeness (QED) is 0.798. The van der Waals surface area contributed by atoms with Crippen LogP contribution in [-0.4, -0.2) is 23.3 Å². The van der Waals surface area contributed by atoms with Gasteiger partial charge < -0.3 is 4.74 Å². The molecule has 1 aliphatic heterocycles. The van der Waals surface area contributed by atoms with Crippen molar-refractivity contribution in [3.8, 4) is 0 Å². The van der Waals surface area contributed by atoms with E-state index < -0.39 is 0 Å². The molecule has 2 aliphatic rings. The second-order valence-electron chi connectivity index (χ2n) is 5.06. The van der Waals surface area contributed by atoms with Crippen LogP contribution in [0, 0.1) is 0 Å². The van der Waals surface area contributed by atoms with Crippen molar-refractivity contribution in [2.75, 3.05) is 12.4 Å². The van der Waals surface area contributed by atoms with Crippen LogP contribution in [0.3, 0.4) is 0 Å². The molecule has 19 heavy (non-hydrogen) atoms. The molecule has 0 amide bonds. The molecule has 5 heteroatoms. The van der Waals surface area contributed by atoms with Gasteiger partial charge in [-0.1, -0.05) is 0 Å². The molecule has 1 saturated heterocycles. The number of carbonyl (C=O) groups excluding carboxylic acids is 1. The average molecular weight is 297 g/mol. The summed E-state index contributed by atoms with van der Waals surface area (Å²) in [5.74, 6) is 1.05. The van der Waals surface area contributed by atoms with Crippen molar-refractivity contribution in [3.63, 3.8) is 0 Å². The SMILES string of the molecule is CCOC(=O)C1CCCc2sc(C3CCCS3)nc21. The first kappa shape index (κ1) is 13.4. The molecule has 0 spiro atoms. The third-order valence-electron chi connectivity index (χ3n) is 3.75. The fourth-order valence-electron chi connectivity index (χ4n) is 2.82. The first-order chi connectivity index (χ1) is 9.29. The van der Waals surface area contributed by atoms with Gasteiger partial charge >= 0.3 is 5.97 Å². The summed E-state index contributed by atoms with van der Waals surface area (Å²) in [6.07, 6.45) is 5.59. The monoisotopic (exact) mass is 297 g/mol. The lowest BCUT2D eigenvalue weighted by molar-refractivity contribution is -0.145. The van der Waals surface area contributed by atoms with E-state index in [-0.39, 0.29) is 11.9 Å². The van der Waals surface area contributed by atoms with Crippen molar-refractivity contribution in [1.82, 2.24) is 4.98 Å². The number of ether oxygens (including phenoxy) is 1. The van der Waals surface area contributed by atoms with Crippen molar-refractivity contribution < 1.29 is 9.53 Å².